The minimum Gasteiger partial charge on any atom is -0.459 e. The van der Waals surface area contributed by atoms with Gasteiger partial charge in [0.2, 0.25) is 0 Å². The van der Waals surface area contributed by atoms with Gasteiger partial charge in [0.05, 0.1) is 24.4 Å². The number of furan rings is 1. The lowest BCUT2D eigenvalue weighted by Gasteiger charge is -2.31. The predicted molar refractivity (Wildman–Crippen MR) is 126 cm³/mol. The zero-order valence-electron chi connectivity index (χ0n) is 18.6. The normalized spacial score (nSPS) is 16.4. The Hall–Kier alpha value is -3.06. The molecular weight excluding hydrogens is 407 g/mol. The highest BCUT2D eigenvalue weighted by atomic mass is 19.1. The van der Waals surface area contributed by atoms with Crippen LogP contribution in [0.15, 0.2) is 57.9 Å². The number of aliphatic hydroxyl groups excluding tert-OH is 1. The van der Waals surface area contributed by atoms with Crippen molar-refractivity contribution in [3.05, 3.63) is 65.7 Å². The number of aliphatic imine (C=N–C) groups is 1. The van der Waals surface area contributed by atoms with Crippen molar-refractivity contribution in [3.8, 4) is 0 Å². The minimum absolute atomic E-state index is 0.0752. The average Bonchev–Trinajstić information content (AvgIpc) is 3.23. The van der Waals surface area contributed by atoms with Crippen LogP contribution < -0.4 is 15.5 Å². The summed E-state index contributed by atoms with van der Waals surface area (Å²) >= 11 is 0. The van der Waals surface area contributed by atoms with E-state index in [1.54, 1.807) is 6.07 Å². The van der Waals surface area contributed by atoms with Gasteiger partial charge < -0.3 is 25.1 Å². The highest BCUT2D eigenvalue weighted by Gasteiger charge is 2.20. The number of nitrogens with one attached hydrogen (secondary N) is 2. The quantitative estimate of drug-likeness (QED) is 0.394. The molecule has 0 saturated carbocycles. The second-order valence-electron chi connectivity index (χ2n) is 8.25. The number of halogens is 1. The summed E-state index contributed by atoms with van der Waals surface area (Å²) in [7, 11) is 0. The number of piperidine rings is 1. The molecule has 0 aliphatic carbocycles. The molecular formula is C25H31FN4O2. The molecule has 0 radical (unpaired) electrons. The predicted octanol–water partition coefficient (Wildman–Crippen LogP) is 4.35. The highest BCUT2D eigenvalue weighted by molar-refractivity contribution is 5.81. The molecule has 3 aromatic rings. The van der Waals surface area contributed by atoms with Crippen LogP contribution in [0.1, 0.15) is 44.1 Å². The van der Waals surface area contributed by atoms with Gasteiger partial charge in [0.1, 0.15) is 17.2 Å². The third-order valence-corrected chi connectivity index (χ3v) is 5.81. The number of benzene rings is 2. The third-order valence-electron chi connectivity index (χ3n) is 5.81. The van der Waals surface area contributed by atoms with Crippen LogP contribution in [0.25, 0.3) is 11.0 Å². The molecule has 2 heterocycles. The largest absolute Gasteiger partial charge is 0.459 e. The van der Waals surface area contributed by atoms with Crippen LogP contribution in [-0.2, 0) is 6.54 Å². The summed E-state index contributed by atoms with van der Waals surface area (Å²) in [5.41, 5.74) is 2.25. The van der Waals surface area contributed by atoms with Crippen LogP contribution in [0.3, 0.4) is 0 Å². The van der Waals surface area contributed by atoms with Gasteiger partial charge in [-0.2, -0.15) is 0 Å². The summed E-state index contributed by atoms with van der Waals surface area (Å²) in [6, 6.07) is 15.2. The third kappa shape index (κ3) is 5.22. The Bertz CT molecular complexity index is 1040. The molecule has 1 aliphatic heterocycles. The van der Waals surface area contributed by atoms with E-state index in [0.29, 0.717) is 50.7 Å². The summed E-state index contributed by atoms with van der Waals surface area (Å²) in [6.45, 7) is 6.44. The molecule has 2 aromatic carbocycles. The van der Waals surface area contributed by atoms with Crippen molar-refractivity contribution in [2.45, 2.75) is 45.4 Å². The first-order valence-electron chi connectivity index (χ1n) is 11.3. The Labute approximate surface area is 188 Å². The van der Waals surface area contributed by atoms with Gasteiger partial charge in [-0.05, 0) is 56.5 Å². The van der Waals surface area contributed by atoms with Crippen molar-refractivity contribution in [2.75, 3.05) is 24.5 Å². The van der Waals surface area contributed by atoms with Crippen molar-refractivity contribution in [3.63, 3.8) is 0 Å². The molecule has 1 unspecified atom stereocenters. The van der Waals surface area contributed by atoms with Gasteiger partial charge in [-0.3, -0.25) is 0 Å². The maximum atomic E-state index is 14.7. The summed E-state index contributed by atoms with van der Waals surface area (Å²) in [6.07, 6.45) is 1.07. The second kappa shape index (κ2) is 10.0. The number of rotatable bonds is 6. The summed E-state index contributed by atoms with van der Waals surface area (Å²) in [5, 5.41) is 17.3. The number of hydrogen-bond acceptors (Lipinski definition) is 4. The number of anilines is 1. The molecule has 3 N–H and O–H groups in total. The highest BCUT2D eigenvalue weighted by Crippen LogP contribution is 2.25. The van der Waals surface area contributed by atoms with Gasteiger partial charge >= 0.3 is 0 Å². The lowest BCUT2D eigenvalue weighted by atomic mass is 10.1. The number of nitrogens with zero attached hydrogens (tertiary/aromatic N) is 2. The SMILES string of the molecule is CCNC(=NCc1ccc(N2CCC(O)CC2)c(F)c1)NC(C)c1cc2ccccc2o1. The topological polar surface area (TPSA) is 73.0 Å². The number of fused-ring (bicyclic) bond motifs is 1. The van der Waals surface area contributed by atoms with Gasteiger partial charge in [0.15, 0.2) is 5.96 Å². The fraction of sp³-hybridized carbons (Fsp3) is 0.400. The van der Waals surface area contributed by atoms with E-state index in [9.17, 15) is 9.50 Å². The number of hydrogen-bond donors (Lipinski definition) is 3. The Morgan fingerprint density at radius 1 is 1.22 bits per heavy atom. The van der Waals surface area contributed by atoms with E-state index in [1.165, 1.54) is 0 Å². The summed E-state index contributed by atoms with van der Waals surface area (Å²) in [4.78, 5) is 6.63. The summed E-state index contributed by atoms with van der Waals surface area (Å²) in [5.74, 6) is 1.23. The average molecular weight is 439 g/mol. The Balaban J connectivity index is 1.42. The van der Waals surface area contributed by atoms with Crippen LogP contribution in [-0.4, -0.2) is 36.8 Å². The van der Waals surface area contributed by atoms with E-state index in [1.807, 2.05) is 61.2 Å². The molecule has 1 fully saturated rings. The van der Waals surface area contributed by atoms with Gasteiger partial charge in [0, 0.05) is 25.0 Å². The van der Waals surface area contributed by atoms with Gasteiger partial charge in [-0.25, -0.2) is 9.38 Å². The molecule has 0 spiro atoms. The van der Waals surface area contributed by atoms with Crippen molar-refractivity contribution in [1.29, 1.82) is 0 Å². The Morgan fingerprint density at radius 2 is 2.00 bits per heavy atom. The smallest absolute Gasteiger partial charge is 0.192 e. The van der Waals surface area contributed by atoms with Gasteiger partial charge in [0.25, 0.3) is 0 Å². The van der Waals surface area contributed by atoms with Crippen LogP contribution in [0, 0.1) is 5.82 Å². The van der Waals surface area contributed by atoms with Gasteiger partial charge in [-0.15, -0.1) is 0 Å². The molecule has 6 nitrogen and oxygen atoms in total. The monoisotopic (exact) mass is 438 g/mol. The van der Waals surface area contributed by atoms with Crippen LogP contribution in [0.2, 0.25) is 0 Å². The zero-order valence-corrected chi connectivity index (χ0v) is 18.6. The zero-order chi connectivity index (χ0) is 22.5. The lowest BCUT2D eigenvalue weighted by molar-refractivity contribution is 0.145. The Morgan fingerprint density at radius 3 is 2.72 bits per heavy atom. The van der Waals surface area contributed by atoms with Crippen molar-refractivity contribution in [2.24, 2.45) is 4.99 Å². The first kappa shape index (κ1) is 22.1. The fourth-order valence-corrected chi connectivity index (χ4v) is 3.99. The van der Waals surface area contributed by atoms with Crippen LogP contribution in [0.5, 0.6) is 0 Å². The second-order valence-corrected chi connectivity index (χ2v) is 8.25. The maximum Gasteiger partial charge on any atom is 0.192 e. The lowest BCUT2D eigenvalue weighted by Crippen LogP contribution is -2.38. The Kier molecular flexibility index (Phi) is 6.95. The molecule has 1 saturated heterocycles. The maximum absolute atomic E-state index is 14.7. The van der Waals surface area contributed by atoms with E-state index in [-0.39, 0.29) is 18.0 Å². The molecule has 7 heteroatoms. The molecule has 0 amide bonds. The van der Waals surface area contributed by atoms with Crippen LogP contribution >= 0.6 is 0 Å². The molecule has 0 bridgehead atoms. The molecule has 170 valence electrons. The van der Waals surface area contributed by atoms with E-state index in [0.717, 1.165) is 22.3 Å². The van der Waals surface area contributed by atoms with Gasteiger partial charge in [-0.1, -0.05) is 24.3 Å². The molecule has 32 heavy (non-hydrogen) atoms. The number of guanidine groups is 1. The van der Waals surface area contributed by atoms with E-state index >= 15 is 0 Å². The standard InChI is InChI=1S/C25H31FN4O2/c1-3-27-25(29-17(2)24-15-19-6-4-5-7-23(19)32-24)28-16-18-8-9-22(21(26)14-18)30-12-10-20(31)11-13-30/h4-9,14-15,17,20,31H,3,10-13,16H2,1-2H3,(H2,27,28,29). The van der Waals surface area contributed by atoms with E-state index in [2.05, 4.69) is 15.6 Å². The van der Waals surface area contributed by atoms with Crippen molar-refractivity contribution in [1.82, 2.24) is 10.6 Å². The van der Waals surface area contributed by atoms with Crippen LogP contribution in [0.4, 0.5) is 10.1 Å². The molecule has 1 atom stereocenters. The fourth-order valence-electron chi connectivity index (χ4n) is 3.99. The number of aliphatic hydroxyl groups is 1. The van der Waals surface area contributed by atoms with E-state index in [4.69, 9.17) is 4.42 Å². The van der Waals surface area contributed by atoms with Crippen molar-refractivity contribution < 1.29 is 13.9 Å². The molecule has 1 aliphatic rings. The first-order valence-corrected chi connectivity index (χ1v) is 11.3. The minimum atomic E-state index is -0.276. The van der Waals surface area contributed by atoms with Crippen molar-refractivity contribution >= 4 is 22.6 Å². The molecule has 1 aromatic heterocycles. The number of para-hydroxylation sites is 1. The van der Waals surface area contributed by atoms with E-state index < -0.39 is 0 Å². The first-order chi connectivity index (χ1) is 15.5. The molecule has 4 rings (SSSR count). The summed E-state index contributed by atoms with van der Waals surface area (Å²) < 4.78 is 20.7.